The Morgan fingerprint density at radius 3 is 2.22 bits per heavy atom. The number of piperazine rings is 1. The predicted octanol–water partition coefficient (Wildman–Crippen LogP) is 4.68. The predicted molar refractivity (Wildman–Crippen MR) is 167 cm³/mol. The minimum atomic E-state index is -0.672. The number of carbonyl (C=O) groups is 4. The number of piperidine rings is 1. The number of carbonyl (C=O) groups excluding carboxylic acids is 4. The van der Waals surface area contributed by atoms with Crippen LogP contribution in [0.4, 0.5) is 9.18 Å². The summed E-state index contributed by atoms with van der Waals surface area (Å²) in [6.07, 6.45) is 3.64. The Hall–Kier alpha value is -4.41. The van der Waals surface area contributed by atoms with Gasteiger partial charge in [-0.2, -0.15) is 0 Å². The quantitative estimate of drug-likeness (QED) is 0.281. The molecule has 0 saturated carbocycles. The number of hydrogen-bond donors (Lipinski definition) is 0. The zero-order valence-corrected chi connectivity index (χ0v) is 26.5. The lowest BCUT2D eigenvalue weighted by atomic mass is 9.90. The van der Waals surface area contributed by atoms with Gasteiger partial charge >= 0.3 is 6.09 Å². The summed E-state index contributed by atoms with van der Waals surface area (Å²) >= 11 is 0. The van der Waals surface area contributed by atoms with Gasteiger partial charge in [0.05, 0.1) is 30.4 Å². The van der Waals surface area contributed by atoms with Crippen molar-refractivity contribution >= 4 is 34.6 Å². The topological polar surface area (TPSA) is 101 Å². The van der Waals surface area contributed by atoms with E-state index in [4.69, 9.17) is 9.47 Å². The Labute approximate surface area is 262 Å². The Kier molecular flexibility index (Phi) is 9.45. The molecule has 2 aromatic carbocycles. The minimum Gasteiger partial charge on any atom is -0.496 e. The van der Waals surface area contributed by atoms with Crippen molar-refractivity contribution in [2.75, 3.05) is 39.9 Å². The van der Waals surface area contributed by atoms with Crippen LogP contribution in [0.1, 0.15) is 59.9 Å². The molecular formula is C34H41FN4O6. The number of ketones is 1. The number of likely N-dealkylation sites (tertiary alicyclic amines) is 1. The van der Waals surface area contributed by atoms with E-state index in [1.807, 2.05) is 6.92 Å². The number of methoxy groups -OCH3 is 1. The van der Waals surface area contributed by atoms with Gasteiger partial charge in [-0.05, 0) is 69.7 Å². The second-order valence-electron chi connectivity index (χ2n) is 12.1. The molecule has 0 N–H and O–H groups in total. The molecule has 0 unspecified atom stereocenters. The van der Waals surface area contributed by atoms with Gasteiger partial charge in [-0.25, -0.2) is 9.18 Å². The summed E-state index contributed by atoms with van der Waals surface area (Å²) in [5.74, 6) is -0.995. The zero-order chi connectivity index (χ0) is 32.4. The van der Waals surface area contributed by atoms with Gasteiger partial charge in [0.1, 0.15) is 11.6 Å². The first-order valence-electron chi connectivity index (χ1n) is 15.5. The van der Waals surface area contributed by atoms with Crippen molar-refractivity contribution in [3.63, 3.8) is 0 Å². The fourth-order valence-electron chi connectivity index (χ4n) is 6.51. The van der Waals surface area contributed by atoms with Gasteiger partial charge in [0.25, 0.3) is 17.6 Å². The van der Waals surface area contributed by atoms with E-state index in [-0.39, 0.29) is 49.1 Å². The molecule has 3 amide bonds. The molecule has 2 saturated heterocycles. The molecule has 3 heterocycles. The van der Waals surface area contributed by atoms with Crippen molar-refractivity contribution in [1.29, 1.82) is 0 Å². The highest BCUT2D eigenvalue weighted by Gasteiger charge is 2.38. The highest BCUT2D eigenvalue weighted by molar-refractivity contribution is 6.45. The molecular weight excluding hydrogens is 579 g/mol. The molecule has 0 radical (unpaired) electrons. The minimum absolute atomic E-state index is 0.194. The normalized spacial score (nSPS) is 19.1. The van der Waals surface area contributed by atoms with Gasteiger partial charge in [-0.1, -0.05) is 12.1 Å². The smallest absolute Gasteiger partial charge is 0.410 e. The summed E-state index contributed by atoms with van der Waals surface area (Å²) in [5, 5.41) is 0.497. The van der Waals surface area contributed by atoms with Crippen LogP contribution < -0.4 is 4.74 Å². The Bertz CT molecular complexity index is 1590. The molecule has 10 nitrogen and oxygen atoms in total. The molecule has 0 aliphatic carbocycles. The summed E-state index contributed by atoms with van der Waals surface area (Å²) in [7, 11) is 3.28. The molecule has 0 bridgehead atoms. The first-order chi connectivity index (χ1) is 21.5. The number of ether oxygens (including phenoxy) is 2. The lowest BCUT2D eigenvalue weighted by molar-refractivity contribution is -0.131. The number of nitrogens with zero attached hydrogens (tertiary/aromatic N) is 4. The van der Waals surface area contributed by atoms with Crippen molar-refractivity contribution in [2.24, 2.45) is 13.0 Å². The van der Waals surface area contributed by atoms with Crippen molar-refractivity contribution in [3.05, 3.63) is 65.1 Å². The third-order valence-electron chi connectivity index (χ3n) is 9.07. The van der Waals surface area contributed by atoms with Crippen molar-refractivity contribution in [3.8, 4) is 5.75 Å². The molecule has 11 heteroatoms. The fraction of sp³-hybridized carbons (Fsp3) is 0.471. The fourth-order valence-corrected chi connectivity index (χ4v) is 6.51. The van der Waals surface area contributed by atoms with Crippen molar-refractivity contribution in [1.82, 2.24) is 19.3 Å². The standard InChI is InChI=1S/C34H41FN4O6/c1-6-45-34(43)39-19-21(2)38(18-22(39)3)33(42)31(40)28-20-36(4)29-17-30(44-5)27(16-26(28)29)32(41)37-13-11-24(12-14-37)15-23-7-9-25(35)10-8-23/h7-10,16-17,20-22,24H,6,11-15,18-19H2,1-5H3/t21-,22-/m0/s1. The maximum atomic E-state index is 13.8. The van der Waals surface area contributed by atoms with Crippen LogP contribution in [0.3, 0.4) is 0 Å². The number of halogens is 1. The molecule has 3 aromatic rings. The van der Waals surface area contributed by atoms with Crippen LogP contribution in [0.25, 0.3) is 10.9 Å². The van der Waals surface area contributed by atoms with Crippen LogP contribution in [0.2, 0.25) is 0 Å². The van der Waals surface area contributed by atoms with E-state index in [1.54, 1.807) is 65.7 Å². The molecule has 45 heavy (non-hydrogen) atoms. The molecule has 2 aliphatic rings. The maximum absolute atomic E-state index is 13.8. The Balaban J connectivity index is 1.34. The number of benzene rings is 2. The van der Waals surface area contributed by atoms with Gasteiger partial charge in [0.15, 0.2) is 0 Å². The van der Waals surface area contributed by atoms with E-state index in [0.717, 1.165) is 24.8 Å². The SMILES string of the molecule is CCOC(=O)N1C[C@H](C)N(C(=O)C(=O)c2cn(C)c3cc(OC)c(C(=O)N4CCC(Cc5ccc(F)cc5)CC4)cc23)C[C@@H]1C. The van der Waals surface area contributed by atoms with E-state index in [1.165, 1.54) is 24.1 Å². The van der Waals surface area contributed by atoms with E-state index < -0.39 is 17.8 Å². The molecule has 2 atom stereocenters. The van der Waals surface area contributed by atoms with Crippen molar-refractivity contribution in [2.45, 2.75) is 52.1 Å². The lowest BCUT2D eigenvalue weighted by Crippen LogP contribution is -2.60. The third kappa shape index (κ3) is 6.53. The van der Waals surface area contributed by atoms with Gasteiger partial charge in [0.2, 0.25) is 0 Å². The number of fused-ring (bicyclic) bond motifs is 1. The number of aromatic nitrogens is 1. The van der Waals surface area contributed by atoms with E-state index in [0.29, 0.717) is 41.2 Å². The summed E-state index contributed by atoms with van der Waals surface area (Å²) in [6, 6.07) is 9.24. The van der Waals surface area contributed by atoms with Gasteiger partial charge < -0.3 is 28.7 Å². The highest BCUT2D eigenvalue weighted by Crippen LogP contribution is 2.32. The number of aryl methyl sites for hydroxylation is 1. The molecule has 240 valence electrons. The summed E-state index contributed by atoms with van der Waals surface area (Å²) in [4.78, 5) is 58.4. The molecule has 5 rings (SSSR count). The van der Waals surface area contributed by atoms with Crippen molar-refractivity contribution < 1.29 is 33.0 Å². The number of hydrogen-bond acceptors (Lipinski definition) is 6. The van der Waals surface area contributed by atoms with Crippen LogP contribution >= 0.6 is 0 Å². The molecule has 0 spiro atoms. The largest absolute Gasteiger partial charge is 0.496 e. The summed E-state index contributed by atoms with van der Waals surface area (Å²) in [5.41, 5.74) is 2.28. The van der Waals surface area contributed by atoms with E-state index in [9.17, 15) is 23.6 Å². The lowest BCUT2D eigenvalue weighted by Gasteiger charge is -2.43. The first-order valence-corrected chi connectivity index (χ1v) is 15.5. The third-order valence-corrected chi connectivity index (χ3v) is 9.07. The summed E-state index contributed by atoms with van der Waals surface area (Å²) < 4.78 is 25.8. The van der Waals surface area contributed by atoms with Gasteiger partial charge in [-0.3, -0.25) is 14.4 Å². The van der Waals surface area contributed by atoms with Gasteiger partial charge in [-0.15, -0.1) is 0 Å². The average Bonchev–Trinajstić information content (AvgIpc) is 3.36. The van der Waals surface area contributed by atoms with Crippen LogP contribution in [-0.2, 0) is 23.0 Å². The Morgan fingerprint density at radius 2 is 1.58 bits per heavy atom. The van der Waals surface area contributed by atoms with E-state index >= 15 is 0 Å². The van der Waals surface area contributed by atoms with Crippen LogP contribution in [0.15, 0.2) is 42.6 Å². The van der Waals surface area contributed by atoms with Crippen LogP contribution in [0, 0.1) is 11.7 Å². The van der Waals surface area contributed by atoms with Crippen LogP contribution in [0.5, 0.6) is 5.75 Å². The average molecular weight is 621 g/mol. The molecule has 2 aliphatic heterocycles. The monoisotopic (exact) mass is 620 g/mol. The molecule has 1 aromatic heterocycles. The van der Waals surface area contributed by atoms with Crippen LogP contribution in [-0.4, -0.2) is 94.9 Å². The maximum Gasteiger partial charge on any atom is 0.410 e. The number of Topliss-reactive ketones (excluding diaryl/α,β-unsaturated/α-hetero) is 1. The number of amides is 3. The Morgan fingerprint density at radius 1 is 0.933 bits per heavy atom. The van der Waals surface area contributed by atoms with Gasteiger partial charge in [0, 0.05) is 63.0 Å². The zero-order valence-electron chi connectivity index (χ0n) is 26.5. The molecule has 2 fully saturated rings. The highest BCUT2D eigenvalue weighted by atomic mass is 19.1. The second kappa shape index (κ2) is 13.3. The second-order valence-corrected chi connectivity index (χ2v) is 12.1. The first kappa shape index (κ1) is 32.0. The van der Waals surface area contributed by atoms with E-state index in [2.05, 4.69) is 0 Å². The number of rotatable bonds is 7. The summed E-state index contributed by atoms with van der Waals surface area (Å²) in [6.45, 7) is 7.21.